The standard InChI is InChI=1S/C35H42ClN7O5/c1-34(2,3)48-32(44)40-35(14-4-5-15-35)22-47-31-38-27-21-41(28-11-7-9-23-8-6-10-26(36)29(23)28)17-13-25(27)30(39-31)42-18-19-43(33(45)46)24(20-42)12-16-37/h6-11,24H,4-5,12-15,17-22H2,1-3H3,(H,40,44)(H,45,46). The van der Waals surface area contributed by atoms with Crippen molar-refractivity contribution in [3.63, 3.8) is 0 Å². The number of hydrogen-bond donors (Lipinski definition) is 2. The molecule has 1 aliphatic carbocycles. The van der Waals surface area contributed by atoms with Crippen LogP contribution in [0.25, 0.3) is 10.8 Å². The van der Waals surface area contributed by atoms with Crippen LogP contribution in [0.5, 0.6) is 6.01 Å². The zero-order chi connectivity index (χ0) is 34.1. The lowest BCUT2D eigenvalue weighted by Crippen LogP contribution is -2.55. The van der Waals surface area contributed by atoms with Crippen molar-refractivity contribution in [3.8, 4) is 12.1 Å². The molecule has 2 aliphatic heterocycles. The molecule has 0 bridgehead atoms. The van der Waals surface area contributed by atoms with Crippen LogP contribution in [0.15, 0.2) is 36.4 Å². The van der Waals surface area contributed by atoms with E-state index in [0.717, 1.165) is 53.4 Å². The normalized spacial score (nSPS) is 19.1. The number of hydrogen-bond acceptors (Lipinski definition) is 9. The molecule has 3 heterocycles. The lowest BCUT2D eigenvalue weighted by Gasteiger charge is -2.41. The summed E-state index contributed by atoms with van der Waals surface area (Å²) < 4.78 is 11.9. The Morgan fingerprint density at radius 2 is 1.85 bits per heavy atom. The van der Waals surface area contributed by atoms with Gasteiger partial charge >= 0.3 is 18.2 Å². The lowest BCUT2D eigenvalue weighted by atomic mass is 9.99. The van der Waals surface area contributed by atoms with Crippen LogP contribution in [-0.4, -0.2) is 82.1 Å². The molecule has 2 N–H and O–H groups in total. The van der Waals surface area contributed by atoms with E-state index in [9.17, 15) is 20.0 Å². The van der Waals surface area contributed by atoms with Crippen LogP contribution in [-0.2, 0) is 17.7 Å². The van der Waals surface area contributed by atoms with Gasteiger partial charge in [0.25, 0.3) is 0 Å². The molecule has 1 saturated carbocycles. The molecular weight excluding hydrogens is 634 g/mol. The van der Waals surface area contributed by atoms with Gasteiger partial charge in [-0.25, -0.2) is 9.59 Å². The summed E-state index contributed by atoms with van der Waals surface area (Å²) in [6, 6.07) is 13.9. The third-order valence-corrected chi connectivity index (χ3v) is 9.67. The fourth-order valence-corrected chi connectivity index (χ4v) is 7.40. The maximum absolute atomic E-state index is 12.8. The number of halogens is 1. The molecule has 1 aromatic heterocycles. The van der Waals surface area contributed by atoms with Crippen LogP contribution < -0.4 is 19.9 Å². The number of alkyl carbamates (subject to hydrolysis) is 1. The number of benzene rings is 2. The molecule has 12 nitrogen and oxygen atoms in total. The Balaban J connectivity index is 1.33. The Morgan fingerprint density at radius 3 is 2.56 bits per heavy atom. The summed E-state index contributed by atoms with van der Waals surface area (Å²) in [5.41, 5.74) is 1.56. The number of nitriles is 1. The molecule has 2 amide bonds. The topological polar surface area (TPSA) is 144 Å². The third kappa shape index (κ3) is 7.16. The molecule has 6 rings (SSSR count). The number of ether oxygens (including phenoxy) is 2. The number of anilines is 2. The summed E-state index contributed by atoms with van der Waals surface area (Å²) in [5.74, 6) is 0.694. The van der Waals surface area contributed by atoms with E-state index < -0.39 is 29.4 Å². The third-order valence-electron chi connectivity index (χ3n) is 9.35. The first-order valence-corrected chi connectivity index (χ1v) is 16.9. The fourth-order valence-electron chi connectivity index (χ4n) is 7.12. The average molecular weight is 676 g/mol. The van der Waals surface area contributed by atoms with E-state index in [2.05, 4.69) is 27.3 Å². The van der Waals surface area contributed by atoms with Crippen molar-refractivity contribution >= 4 is 46.1 Å². The minimum Gasteiger partial charge on any atom is -0.465 e. The molecule has 3 aromatic rings. The number of carbonyl (C=O) groups excluding carboxylic acids is 1. The Bertz CT molecular complexity index is 1730. The first-order valence-electron chi connectivity index (χ1n) is 16.5. The molecule has 48 heavy (non-hydrogen) atoms. The maximum Gasteiger partial charge on any atom is 0.408 e. The molecule has 2 aromatic carbocycles. The second-order valence-corrected chi connectivity index (χ2v) is 14.3. The van der Waals surface area contributed by atoms with Crippen molar-refractivity contribution < 1.29 is 24.2 Å². The number of carbonyl (C=O) groups is 2. The van der Waals surface area contributed by atoms with Crippen molar-refractivity contribution in [2.24, 2.45) is 0 Å². The summed E-state index contributed by atoms with van der Waals surface area (Å²) >= 11 is 6.71. The van der Waals surface area contributed by atoms with Crippen LogP contribution >= 0.6 is 11.6 Å². The summed E-state index contributed by atoms with van der Waals surface area (Å²) in [4.78, 5) is 40.3. The molecule has 1 atom stereocenters. The zero-order valence-corrected chi connectivity index (χ0v) is 28.4. The van der Waals surface area contributed by atoms with E-state index in [1.54, 1.807) is 0 Å². The summed E-state index contributed by atoms with van der Waals surface area (Å²) in [5, 5.41) is 25.1. The SMILES string of the molecule is CC(C)(C)OC(=O)NC1(COc2nc3c(c(N4CCN(C(=O)O)C(CC#N)C4)n2)CCN(c2cccc4cccc(Cl)c24)C3)CCCC1. The second kappa shape index (κ2) is 13.5. The molecule has 0 spiro atoms. The number of nitrogens with one attached hydrogen (secondary N) is 1. The van der Waals surface area contributed by atoms with Crippen LogP contribution in [0.3, 0.4) is 0 Å². The van der Waals surface area contributed by atoms with Gasteiger partial charge in [-0.15, -0.1) is 0 Å². The molecule has 2 fully saturated rings. The molecule has 3 aliphatic rings. The molecule has 1 saturated heterocycles. The number of carboxylic acid groups (broad SMARTS) is 1. The number of fused-ring (bicyclic) bond motifs is 2. The fraction of sp³-hybridized carbons (Fsp3) is 0.514. The summed E-state index contributed by atoms with van der Waals surface area (Å²) in [7, 11) is 0. The first kappa shape index (κ1) is 33.4. The van der Waals surface area contributed by atoms with Crippen molar-refractivity contribution in [1.29, 1.82) is 5.26 Å². The Labute approximate surface area is 285 Å². The van der Waals surface area contributed by atoms with E-state index in [0.29, 0.717) is 43.4 Å². The van der Waals surface area contributed by atoms with Gasteiger partial charge in [-0.1, -0.05) is 48.7 Å². The van der Waals surface area contributed by atoms with E-state index in [1.165, 1.54) is 4.90 Å². The van der Waals surface area contributed by atoms with Gasteiger partial charge in [-0.2, -0.15) is 15.2 Å². The number of rotatable bonds is 7. The molecule has 13 heteroatoms. The molecule has 0 radical (unpaired) electrons. The summed E-state index contributed by atoms with van der Waals surface area (Å²) in [6.07, 6.45) is 2.60. The van der Waals surface area contributed by atoms with Gasteiger partial charge in [0.2, 0.25) is 0 Å². The van der Waals surface area contributed by atoms with Crippen LogP contribution in [0.2, 0.25) is 5.02 Å². The summed E-state index contributed by atoms with van der Waals surface area (Å²) in [6.45, 7) is 7.87. The van der Waals surface area contributed by atoms with E-state index in [-0.39, 0.29) is 25.6 Å². The van der Waals surface area contributed by atoms with Crippen molar-refractivity contribution in [2.75, 3.05) is 42.6 Å². The largest absolute Gasteiger partial charge is 0.465 e. The molecule has 1 unspecified atom stereocenters. The highest BCUT2D eigenvalue weighted by atomic mass is 35.5. The molecular formula is C35H42ClN7O5. The minimum atomic E-state index is -1.03. The minimum absolute atomic E-state index is 0.0773. The predicted octanol–water partition coefficient (Wildman–Crippen LogP) is 6.14. The zero-order valence-electron chi connectivity index (χ0n) is 27.7. The van der Waals surface area contributed by atoms with Crippen LogP contribution in [0.4, 0.5) is 21.1 Å². The van der Waals surface area contributed by atoms with E-state index in [1.807, 2.05) is 51.1 Å². The number of nitrogens with zero attached hydrogens (tertiary/aromatic N) is 6. The molecule has 254 valence electrons. The highest BCUT2D eigenvalue weighted by molar-refractivity contribution is 6.36. The van der Waals surface area contributed by atoms with E-state index in [4.69, 9.17) is 31.0 Å². The van der Waals surface area contributed by atoms with Crippen molar-refractivity contribution in [2.45, 2.75) is 83.0 Å². The number of amides is 2. The van der Waals surface area contributed by atoms with Gasteiger partial charge in [0.1, 0.15) is 18.0 Å². The smallest absolute Gasteiger partial charge is 0.408 e. The lowest BCUT2D eigenvalue weighted by molar-refractivity contribution is 0.0411. The first-order chi connectivity index (χ1) is 22.9. The Hall–Kier alpha value is -4.50. The monoisotopic (exact) mass is 675 g/mol. The highest BCUT2D eigenvalue weighted by Gasteiger charge is 2.39. The predicted molar refractivity (Wildman–Crippen MR) is 183 cm³/mol. The van der Waals surface area contributed by atoms with E-state index >= 15 is 0 Å². The highest BCUT2D eigenvalue weighted by Crippen LogP contribution is 2.38. The van der Waals surface area contributed by atoms with Gasteiger partial charge < -0.3 is 34.6 Å². The quantitative estimate of drug-likeness (QED) is 0.299. The van der Waals surface area contributed by atoms with Gasteiger partial charge in [0, 0.05) is 42.8 Å². The Kier molecular flexibility index (Phi) is 9.43. The maximum atomic E-state index is 12.8. The van der Waals surface area contributed by atoms with Gasteiger partial charge in [-0.05, 0) is 57.6 Å². The van der Waals surface area contributed by atoms with Crippen LogP contribution in [0.1, 0.15) is 64.1 Å². The second-order valence-electron chi connectivity index (χ2n) is 13.9. The van der Waals surface area contributed by atoms with Crippen LogP contribution in [0, 0.1) is 11.3 Å². The Morgan fingerprint density at radius 1 is 1.10 bits per heavy atom. The van der Waals surface area contributed by atoms with Gasteiger partial charge in [0.05, 0.1) is 41.3 Å². The van der Waals surface area contributed by atoms with Crippen molar-refractivity contribution in [3.05, 3.63) is 52.7 Å². The number of piperazine rings is 1. The average Bonchev–Trinajstić information content (AvgIpc) is 3.50. The van der Waals surface area contributed by atoms with Gasteiger partial charge in [-0.3, -0.25) is 0 Å². The number of aromatic nitrogens is 2. The van der Waals surface area contributed by atoms with Crippen molar-refractivity contribution in [1.82, 2.24) is 20.2 Å². The van der Waals surface area contributed by atoms with Gasteiger partial charge in [0.15, 0.2) is 0 Å².